The number of halogens is 3. The number of carbonyl (C=O) groups is 2. The summed E-state index contributed by atoms with van der Waals surface area (Å²) in [6.07, 6.45) is -4.93. The van der Waals surface area contributed by atoms with E-state index in [4.69, 9.17) is 5.73 Å². The van der Waals surface area contributed by atoms with Crippen LogP contribution in [-0.2, 0) is 16.1 Å². The highest BCUT2D eigenvalue weighted by Gasteiger charge is 2.45. The van der Waals surface area contributed by atoms with E-state index >= 15 is 0 Å². The number of piperidine rings is 1. The van der Waals surface area contributed by atoms with Gasteiger partial charge in [0, 0.05) is 12.2 Å². The number of anilines is 1. The fourth-order valence-electron chi connectivity index (χ4n) is 2.26. The number of benzene rings is 1. The number of carbonyl (C=O) groups excluding carboxylic acids is 2. The van der Waals surface area contributed by atoms with Gasteiger partial charge >= 0.3 is 6.18 Å². The average Bonchev–Trinajstić information content (AvgIpc) is 2.46. The first-order chi connectivity index (χ1) is 10.3. The zero-order chi connectivity index (χ0) is 16.3. The molecule has 0 saturated carbocycles. The van der Waals surface area contributed by atoms with Gasteiger partial charge in [-0.2, -0.15) is 13.2 Å². The molecule has 0 aliphatic carbocycles. The number of amides is 2. The van der Waals surface area contributed by atoms with E-state index in [9.17, 15) is 22.8 Å². The minimum absolute atomic E-state index is 0.136. The van der Waals surface area contributed by atoms with Crippen LogP contribution >= 0.6 is 0 Å². The molecule has 1 aromatic carbocycles. The molecule has 1 heterocycles. The van der Waals surface area contributed by atoms with Crippen molar-refractivity contribution in [1.29, 1.82) is 0 Å². The van der Waals surface area contributed by atoms with Gasteiger partial charge in [-0.1, -0.05) is 12.1 Å². The molecule has 22 heavy (non-hydrogen) atoms. The Bertz CT molecular complexity index is 557. The third-order valence-electron chi connectivity index (χ3n) is 3.55. The smallest absolute Gasteiger partial charge is 0.344 e. The largest absolute Gasteiger partial charge is 0.408 e. The van der Waals surface area contributed by atoms with Crippen LogP contribution in [0.15, 0.2) is 24.3 Å². The van der Waals surface area contributed by atoms with Gasteiger partial charge in [0.2, 0.25) is 11.8 Å². The van der Waals surface area contributed by atoms with Crippen molar-refractivity contribution in [3.63, 3.8) is 0 Å². The van der Waals surface area contributed by atoms with E-state index in [1.165, 1.54) is 0 Å². The van der Waals surface area contributed by atoms with E-state index in [0.29, 0.717) is 12.2 Å². The molecule has 2 rings (SSSR count). The van der Waals surface area contributed by atoms with E-state index in [1.54, 1.807) is 24.3 Å². The third-order valence-corrected chi connectivity index (χ3v) is 3.55. The van der Waals surface area contributed by atoms with Crippen LogP contribution in [0, 0.1) is 5.92 Å². The van der Waals surface area contributed by atoms with Gasteiger partial charge < -0.3 is 16.4 Å². The number of hydrogen-bond donors (Lipinski definition) is 3. The van der Waals surface area contributed by atoms with Gasteiger partial charge in [-0.25, -0.2) is 0 Å². The number of hydrogen-bond acceptors (Lipinski definition) is 3. The van der Waals surface area contributed by atoms with E-state index < -0.39 is 30.0 Å². The van der Waals surface area contributed by atoms with Crippen LogP contribution in [0.1, 0.15) is 18.4 Å². The average molecular weight is 315 g/mol. The van der Waals surface area contributed by atoms with Crippen LogP contribution in [0.2, 0.25) is 0 Å². The Morgan fingerprint density at radius 1 is 1.27 bits per heavy atom. The summed E-state index contributed by atoms with van der Waals surface area (Å²) in [7, 11) is 0. The fraction of sp³-hybridized carbons (Fsp3) is 0.429. The lowest BCUT2D eigenvalue weighted by Crippen LogP contribution is -2.53. The van der Waals surface area contributed by atoms with E-state index in [0.717, 1.165) is 5.56 Å². The standard InChI is InChI=1S/C14H16F3N3O2/c15-14(16,17)11-6-5-10(13(22)20-11)12(21)19-9-3-1-8(7-18)2-4-9/h1-4,10-11H,5-7,18H2,(H,19,21)(H,20,22). The lowest BCUT2D eigenvalue weighted by Gasteiger charge is -2.29. The summed E-state index contributed by atoms with van der Waals surface area (Å²) >= 11 is 0. The van der Waals surface area contributed by atoms with Crippen LogP contribution < -0.4 is 16.4 Å². The van der Waals surface area contributed by atoms with E-state index in [2.05, 4.69) is 5.32 Å². The zero-order valence-electron chi connectivity index (χ0n) is 11.6. The minimum Gasteiger partial charge on any atom is -0.344 e. The molecule has 2 unspecified atom stereocenters. The quantitative estimate of drug-likeness (QED) is 0.740. The second kappa shape index (κ2) is 6.35. The van der Waals surface area contributed by atoms with Crippen molar-refractivity contribution in [2.75, 3.05) is 5.32 Å². The molecule has 2 atom stereocenters. The van der Waals surface area contributed by atoms with Gasteiger partial charge in [0.1, 0.15) is 12.0 Å². The highest BCUT2D eigenvalue weighted by Crippen LogP contribution is 2.29. The van der Waals surface area contributed by atoms with Gasteiger partial charge in [-0.05, 0) is 30.5 Å². The van der Waals surface area contributed by atoms with Crippen molar-refractivity contribution in [2.24, 2.45) is 11.7 Å². The van der Waals surface area contributed by atoms with Gasteiger partial charge in [0.05, 0.1) is 0 Å². The summed E-state index contributed by atoms with van der Waals surface area (Å²) in [6.45, 7) is 0.359. The Labute approximate surface area is 125 Å². The number of nitrogens with two attached hydrogens (primary N) is 1. The van der Waals surface area contributed by atoms with Gasteiger partial charge in [0.15, 0.2) is 0 Å². The first-order valence-corrected chi connectivity index (χ1v) is 6.78. The molecule has 1 aliphatic rings. The molecule has 8 heteroatoms. The van der Waals surface area contributed by atoms with Crippen LogP contribution in [0.25, 0.3) is 0 Å². The SMILES string of the molecule is NCc1ccc(NC(=O)C2CCC(C(F)(F)F)NC2=O)cc1. The molecule has 1 saturated heterocycles. The summed E-state index contributed by atoms with van der Waals surface area (Å²) in [5.74, 6) is -2.63. The van der Waals surface area contributed by atoms with Crippen molar-refractivity contribution in [3.8, 4) is 0 Å². The fourth-order valence-corrected chi connectivity index (χ4v) is 2.26. The van der Waals surface area contributed by atoms with E-state index in [1.807, 2.05) is 5.32 Å². The second-order valence-electron chi connectivity index (χ2n) is 5.12. The topological polar surface area (TPSA) is 84.2 Å². The number of nitrogens with one attached hydrogen (secondary N) is 2. The number of alkyl halides is 3. The predicted octanol–water partition coefficient (Wildman–Crippen LogP) is 1.54. The molecule has 5 nitrogen and oxygen atoms in total. The van der Waals surface area contributed by atoms with Crippen LogP contribution in [0.3, 0.4) is 0 Å². The maximum atomic E-state index is 12.5. The Kier molecular flexibility index (Phi) is 4.70. The normalized spacial score (nSPS) is 22.1. The lowest BCUT2D eigenvalue weighted by atomic mass is 9.92. The van der Waals surface area contributed by atoms with Crippen LogP contribution in [-0.4, -0.2) is 24.0 Å². The summed E-state index contributed by atoms with van der Waals surface area (Å²) in [5, 5.41) is 4.38. The Morgan fingerprint density at radius 3 is 2.41 bits per heavy atom. The molecule has 0 aromatic heterocycles. The van der Waals surface area contributed by atoms with Gasteiger partial charge in [0.25, 0.3) is 0 Å². The molecular formula is C14H16F3N3O2. The van der Waals surface area contributed by atoms with Crippen molar-refractivity contribution in [3.05, 3.63) is 29.8 Å². The second-order valence-corrected chi connectivity index (χ2v) is 5.12. The first-order valence-electron chi connectivity index (χ1n) is 6.78. The minimum atomic E-state index is -4.49. The Morgan fingerprint density at radius 2 is 1.91 bits per heavy atom. The van der Waals surface area contributed by atoms with Crippen molar-refractivity contribution < 1.29 is 22.8 Å². The van der Waals surface area contributed by atoms with Gasteiger partial charge in [-0.15, -0.1) is 0 Å². The van der Waals surface area contributed by atoms with Crippen molar-refractivity contribution >= 4 is 17.5 Å². The van der Waals surface area contributed by atoms with Crippen molar-refractivity contribution in [2.45, 2.75) is 31.6 Å². The molecule has 4 N–H and O–H groups in total. The molecule has 1 aliphatic heterocycles. The molecule has 0 spiro atoms. The molecule has 120 valence electrons. The van der Waals surface area contributed by atoms with Gasteiger partial charge in [-0.3, -0.25) is 9.59 Å². The molecule has 2 amide bonds. The first kappa shape index (κ1) is 16.3. The highest BCUT2D eigenvalue weighted by molar-refractivity contribution is 6.06. The summed E-state index contributed by atoms with van der Waals surface area (Å²) < 4.78 is 37.6. The lowest BCUT2D eigenvalue weighted by molar-refractivity contribution is -0.170. The summed E-state index contributed by atoms with van der Waals surface area (Å²) in [5.41, 5.74) is 6.79. The summed E-state index contributed by atoms with van der Waals surface area (Å²) in [4.78, 5) is 23.7. The van der Waals surface area contributed by atoms with Crippen LogP contribution in [0.5, 0.6) is 0 Å². The van der Waals surface area contributed by atoms with E-state index in [-0.39, 0.29) is 12.8 Å². The highest BCUT2D eigenvalue weighted by atomic mass is 19.4. The number of rotatable bonds is 3. The monoisotopic (exact) mass is 315 g/mol. The molecule has 1 aromatic rings. The van der Waals surface area contributed by atoms with Crippen LogP contribution in [0.4, 0.5) is 18.9 Å². The molecule has 0 radical (unpaired) electrons. The summed E-state index contributed by atoms with van der Waals surface area (Å²) in [6, 6.07) is 4.80. The maximum Gasteiger partial charge on any atom is 0.408 e. The van der Waals surface area contributed by atoms with Crippen molar-refractivity contribution in [1.82, 2.24) is 5.32 Å². The zero-order valence-corrected chi connectivity index (χ0v) is 11.6. The molecule has 0 bridgehead atoms. The third kappa shape index (κ3) is 3.76. The maximum absolute atomic E-state index is 12.5. The molecule has 1 fully saturated rings. The predicted molar refractivity (Wildman–Crippen MR) is 73.7 cm³/mol. The Hall–Kier alpha value is -2.09. The Balaban J connectivity index is 1.97. The molecular weight excluding hydrogens is 299 g/mol.